The third-order valence-electron chi connectivity index (χ3n) is 4.02. The summed E-state index contributed by atoms with van der Waals surface area (Å²) in [6, 6.07) is 18.0. The Morgan fingerprint density at radius 3 is 1.87 bits per heavy atom. The van der Waals surface area contributed by atoms with Gasteiger partial charge in [-0.25, -0.2) is 17.9 Å². The van der Waals surface area contributed by atoms with E-state index in [-0.39, 0.29) is 16.1 Å². The highest BCUT2D eigenvalue weighted by Gasteiger charge is 2.20. The van der Waals surface area contributed by atoms with E-state index in [2.05, 4.69) is 10.6 Å². The highest BCUT2D eigenvalue weighted by atomic mass is 32.2. The molecular formula is C20H16N4O6S. The lowest BCUT2D eigenvalue weighted by Gasteiger charge is -2.09. The van der Waals surface area contributed by atoms with Gasteiger partial charge in [-0.15, -0.1) is 0 Å². The van der Waals surface area contributed by atoms with Gasteiger partial charge in [0.2, 0.25) is 0 Å². The van der Waals surface area contributed by atoms with Crippen LogP contribution in [-0.4, -0.2) is 25.3 Å². The van der Waals surface area contributed by atoms with E-state index in [0.717, 1.165) is 24.3 Å². The molecule has 3 amide bonds. The summed E-state index contributed by atoms with van der Waals surface area (Å²) in [5.74, 6) is -0.890. The molecule has 0 aromatic heterocycles. The highest BCUT2D eigenvalue weighted by molar-refractivity contribution is 7.90. The summed E-state index contributed by atoms with van der Waals surface area (Å²) in [6.45, 7) is 0. The zero-order valence-electron chi connectivity index (χ0n) is 15.8. The molecule has 3 rings (SSSR count). The number of carbonyl (C=O) groups is 2. The van der Waals surface area contributed by atoms with Gasteiger partial charge >= 0.3 is 6.03 Å². The second-order valence-electron chi connectivity index (χ2n) is 6.21. The van der Waals surface area contributed by atoms with Crippen molar-refractivity contribution < 1.29 is 22.9 Å². The molecule has 10 nitrogen and oxygen atoms in total. The Morgan fingerprint density at radius 1 is 0.774 bits per heavy atom. The van der Waals surface area contributed by atoms with Crippen LogP contribution in [-0.2, 0) is 10.0 Å². The number of sulfonamides is 1. The lowest BCUT2D eigenvalue weighted by Crippen LogP contribution is -2.30. The smallest absolute Gasteiger partial charge is 0.308 e. The van der Waals surface area contributed by atoms with Crippen molar-refractivity contribution in [2.24, 2.45) is 0 Å². The minimum Gasteiger partial charge on any atom is -0.308 e. The minimum atomic E-state index is -4.22. The topological polar surface area (TPSA) is 148 Å². The molecule has 3 aromatic rings. The molecule has 0 fully saturated rings. The predicted molar refractivity (Wildman–Crippen MR) is 113 cm³/mol. The monoisotopic (exact) mass is 440 g/mol. The van der Waals surface area contributed by atoms with Crippen LogP contribution in [0.4, 0.5) is 21.9 Å². The fourth-order valence-corrected chi connectivity index (χ4v) is 3.48. The van der Waals surface area contributed by atoms with Crippen LogP contribution in [0.2, 0.25) is 0 Å². The van der Waals surface area contributed by atoms with Crippen LogP contribution in [0.3, 0.4) is 0 Å². The first-order valence-electron chi connectivity index (χ1n) is 8.79. The van der Waals surface area contributed by atoms with Gasteiger partial charge in [-0.1, -0.05) is 18.2 Å². The predicted octanol–water partition coefficient (Wildman–Crippen LogP) is 3.36. The number of nitrogens with zero attached hydrogens (tertiary/aromatic N) is 1. The average Bonchev–Trinajstić information content (AvgIpc) is 2.74. The van der Waals surface area contributed by atoms with Crippen molar-refractivity contribution in [3.8, 4) is 0 Å². The van der Waals surface area contributed by atoms with E-state index in [1.807, 2.05) is 10.8 Å². The highest BCUT2D eigenvalue weighted by Crippen LogP contribution is 2.17. The normalized spacial score (nSPS) is 10.7. The third kappa shape index (κ3) is 5.64. The van der Waals surface area contributed by atoms with Crippen molar-refractivity contribution in [3.05, 3.63) is 94.5 Å². The van der Waals surface area contributed by atoms with Crippen LogP contribution in [0.5, 0.6) is 0 Å². The first-order chi connectivity index (χ1) is 14.7. The number of benzene rings is 3. The summed E-state index contributed by atoms with van der Waals surface area (Å²) in [4.78, 5) is 34.0. The molecule has 0 saturated carbocycles. The van der Waals surface area contributed by atoms with Crippen LogP contribution in [0.25, 0.3) is 0 Å². The Hall–Kier alpha value is -4.25. The standard InChI is InChI=1S/C20H16N4O6S/c25-19(23-31(29,30)18-12-10-17(11-13-18)24(27)28)14-6-8-16(9-7-14)22-20(26)21-15-4-2-1-3-5-15/h1-13H,(H,23,25)(H2,21,22,26). The van der Waals surface area contributed by atoms with Gasteiger partial charge in [0.25, 0.3) is 21.6 Å². The van der Waals surface area contributed by atoms with E-state index in [4.69, 9.17) is 0 Å². The summed E-state index contributed by atoms with van der Waals surface area (Å²) < 4.78 is 26.5. The molecule has 0 spiro atoms. The molecule has 3 N–H and O–H groups in total. The largest absolute Gasteiger partial charge is 0.323 e. The lowest BCUT2D eigenvalue weighted by atomic mass is 10.2. The number of non-ortho nitro benzene ring substituents is 1. The Labute approximate surface area is 177 Å². The fourth-order valence-electron chi connectivity index (χ4n) is 2.51. The Kier molecular flexibility index (Phi) is 6.26. The molecule has 0 saturated heterocycles. The number of rotatable bonds is 6. The van der Waals surface area contributed by atoms with Gasteiger partial charge < -0.3 is 10.6 Å². The quantitative estimate of drug-likeness (QED) is 0.395. The van der Waals surface area contributed by atoms with Crippen molar-refractivity contribution in [2.75, 3.05) is 10.6 Å². The molecule has 0 aliphatic rings. The SMILES string of the molecule is O=C(Nc1ccccc1)Nc1ccc(C(=O)NS(=O)(=O)c2ccc([N+](=O)[O-])cc2)cc1. The number of hydrogen-bond acceptors (Lipinski definition) is 6. The summed E-state index contributed by atoms with van der Waals surface area (Å²) in [5.41, 5.74) is 0.764. The van der Waals surface area contributed by atoms with Crippen molar-refractivity contribution in [1.82, 2.24) is 4.72 Å². The number of hydrogen-bond donors (Lipinski definition) is 3. The first kappa shape index (κ1) is 21.5. The zero-order chi connectivity index (χ0) is 22.4. The maximum atomic E-state index is 12.3. The molecule has 11 heteroatoms. The summed E-state index contributed by atoms with van der Waals surface area (Å²) in [5, 5.41) is 15.9. The van der Waals surface area contributed by atoms with Gasteiger partial charge in [-0.05, 0) is 48.5 Å². The number of nitro groups is 1. The number of carbonyl (C=O) groups excluding carboxylic acids is 2. The van der Waals surface area contributed by atoms with Crippen LogP contribution in [0.1, 0.15) is 10.4 Å². The van der Waals surface area contributed by atoms with Gasteiger partial charge in [-0.3, -0.25) is 14.9 Å². The molecular weight excluding hydrogens is 424 g/mol. The fraction of sp³-hybridized carbons (Fsp3) is 0. The Morgan fingerprint density at radius 2 is 1.32 bits per heavy atom. The van der Waals surface area contributed by atoms with E-state index < -0.39 is 26.9 Å². The van der Waals surface area contributed by atoms with Gasteiger partial charge in [-0.2, -0.15) is 0 Å². The number of urea groups is 1. The van der Waals surface area contributed by atoms with E-state index >= 15 is 0 Å². The van der Waals surface area contributed by atoms with Crippen molar-refractivity contribution in [3.63, 3.8) is 0 Å². The molecule has 31 heavy (non-hydrogen) atoms. The first-order valence-corrected chi connectivity index (χ1v) is 10.3. The summed E-state index contributed by atoms with van der Waals surface area (Å²) >= 11 is 0. The molecule has 0 aliphatic heterocycles. The van der Waals surface area contributed by atoms with Crippen molar-refractivity contribution in [2.45, 2.75) is 4.90 Å². The summed E-state index contributed by atoms with van der Waals surface area (Å²) in [7, 11) is -4.22. The molecule has 0 atom stereocenters. The van der Waals surface area contributed by atoms with Gasteiger partial charge in [0.1, 0.15) is 0 Å². The third-order valence-corrected chi connectivity index (χ3v) is 5.37. The van der Waals surface area contributed by atoms with Crippen LogP contribution >= 0.6 is 0 Å². The maximum absolute atomic E-state index is 12.3. The zero-order valence-corrected chi connectivity index (χ0v) is 16.6. The Balaban J connectivity index is 1.63. The number of amides is 3. The number of nitro benzene ring substituents is 1. The van der Waals surface area contributed by atoms with Gasteiger partial charge in [0.15, 0.2) is 0 Å². The van der Waals surface area contributed by atoms with Crippen molar-refractivity contribution in [1.29, 1.82) is 0 Å². The number of anilines is 2. The van der Waals surface area contributed by atoms with E-state index in [0.29, 0.717) is 11.4 Å². The van der Waals surface area contributed by atoms with Crippen LogP contribution in [0, 0.1) is 10.1 Å². The molecule has 0 radical (unpaired) electrons. The lowest BCUT2D eigenvalue weighted by molar-refractivity contribution is -0.384. The summed E-state index contributed by atoms with van der Waals surface area (Å²) in [6.07, 6.45) is 0. The minimum absolute atomic E-state index is 0.0412. The Bertz CT molecular complexity index is 1210. The van der Waals surface area contributed by atoms with Gasteiger partial charge in [0, 0.05) is 29.1 Å². The number of nitrogens with one attached hydrogen (secondary N) is 3. The maximum Gasteiger partial charge on any atom is 0.323 e. The van der Waals surface area contributed by atoms with Gasteiger partial charge in [0.05, 0.1) is 9.82 Å². The molecule has 0 bridgehead atoms. The average molecular weight is 440 g/mol. The van der Waals surface area contributed by atoms with Crippen molar-refractivity contribution >= 4 is 39.0 Å². The molecule has 0 aliphatic carbocycles. The second-order valence-corrected chi connectivity index (χ2v) is 7.89. The number of para-hydroxylation sites is 1. The molecule has 0 unspecified atom stereocenters. The van der Waals surface area contributed by atoms with E-state index in [1.54, 1.807) is 24.3 Å². The molecule has 0 heterocycles. The van der Waals surface area contributed by atoms with E-state index in [1.165, 1.54) is 24.3 Å². The second kappa shape index (κ2) is 9.05. The molecule has 3 aromatic carbocycles. The van der Waals surface area contributed by atoms with E-state index in [9.17, 15) is 28.1 Å². The molecule has 158 valence electrons. The van der Waals surface area contributed by atoms with Crippen LogP contribution < -0.4 is 15.4 Å². The van der Waals surface area contributed by atoms with Crippen LogP contribution in [0.15, 0.2) is 83.8 Å².